The lowest BCUT2D eigenvalue weighted by Gasteiger charge is -2.19. The van der Waals surface area contributed by atoms with Crippen LogP contribution in [-0.2, 0) is 4.79 Å². The van der Waals surface area contributed by atoms with Crippen LogP contribution in [0.1, 0.15) is 194 Å². The van der Waals surface area contributed by atoms with Crippen molar-refractivity contribution in [3.05, 3.63) is 36.5 Å². The van der Waals surface area contributed by atoms with Gasteiger partial charge in [-0.3, -0.25) is 4.79 Å². The summed E-state index contributed by atoms with van der Waals surface area (Å²) in [4.78, 5) is 12.3. The SMILES string of the molecule is CCCCC/C=C/CC/C=C/C(O)C(CO)NC(=O)CCCCCCCCC/C=C\CCCCCCCCCCCCCC. The summed E-state index contributed by atoms with van der Waals surface area (Å²) in [6, 6.07) is -0.637. The van der Waals surface area contributed by atoms with Crippen molar-refractivity contribution in [1.82, 2.24) is 5.32 Å². The second-order valence-corrected chi connectivity index (χ2v) is 13.0. The van der Waals surface area contributed by atoms with Crippen molar-refractivity contribution in [2.75, 3.05) is 6.61 Å². The van der Waals surface area contributed by atoms with Crippen molar-refractivity contribution in [3.8, 4) is 0 Å². The number of aliphatic hydroxyl groups excluding tert-OH is 2. The number of hydrogen-bond acceptors (Lipinski definition) is 3. The zero-order valence-electron chi connectivity index (χ0n) is 29.4. The van der Waals surface area contributed by atoms with Crippen LogP contribution in [0.25, 0.3) is 0 Å². The Balaban J connectivity index is 3.55. The fraction of sp³-hybridized carbons (Fsp3) is 0.825. The number of unbranched alkanes of at least 4 members (excludes halogenated alkanes) is 23. The van der Waals surface area contributed by atoms with Crippen molar-refractivity contribution < 1.29 is 15.0 Å². The molecule has 0 saturated heterocycles. The van der Waals surface area contributed by atoms with E-state index >= 15 is 0 Å². The van der Waals surface area contributed by atoms with Crippen LogP contribution in [0.15, 0.2) is 36.5 Å². The summed E-state index contributed by atoms with van der Waals surface area (Å²) < 4.78 is 0. The van der Waals surface area contributed by atoms with Crippen LogP contribution in [0.5, 0.6) is 0 Å². The molecule has 0 aromatic carbocycles. The highest BCUT2D eigenvalue weighted by molar-refractivity contribution is 5.76. The molecule has 3 N–H and O–H groups in total. The first-order valence-corrected chi connectivity index (χ1v) is 19.2. The number of amides is 1. The third-order valence-electron chi connectivity index (χ3n) is 8.60. The van der Waals surface area contributed by atoms with E-state index in [0.717, 1.165) is 32.1 Å². The molecule has 0 heterocycles. The van der Waals surface area contributed by atoms with Crippen LogP contribution in [0, 0.1) is 0 Å². The van der Waals surface area contributed by atoms with Gasteiger partial charge in [-0.25, -0.2) is 0 Å². The van der Waals surface area contributed by atoms with Gasteiger partial charge in [-0.1, -0.05) is 166 Å². The Kier molecular flexibility index (Phi) is 34.9. The van der Waals surface area contributed by atoms with Gasteiger partial charge < -0.3 is 15.5 Å². The van der Waals surface area contributed by atoms with Gasteiger partial charge in [-0.2, -0.15) is 0 Å². The minimum Gasteiger partial charge on any atom is -0.394 e. The van der Waals surface area contributed by atoms with Gasteiger partial charge in [-0.05, 0) is 57.8 Å². The van der Waals surface area contributed by atoms with Gasteiger partial charge in [0, 0.05) is 6.42 Å². The number of nitrogens with one attached hydrogen (secondary N) is 1. The highest BCUT2D eigenvalue weighted by Gasteiger charge is 2.17. The molecule has 0 aliphatic carbocycles. The normalized spacial score (nSPS) is 13.5. The zero-order valence-corrected chi connectivity index (χ0v) is 29.4. The van der Waals surface area contributed by atoms with E-state index in [2.05, 4.69) is 43.5 Å². The average Bonchev–Trinajstić information content (AvgIpc) is 3.03. The Bertz CT molecular complexity index is 672. The van der Waals surface area contributed by atoms with Crippen LogP contribution < -0.4 is 5.32 Å². The molecule has 0 aromatic heterocycles. The first kappa shape index (κ1) is 42.6. The first-order valence-electron chi connectivity index (χ1n) is 19.2. The quantitative estimate of drug-likeness (QED) is 0.0497. The first-order chi connectivity index (χ1) is 21.7. The molecule has 0 rings (SSSR count). The lowest BCUT2D eigenvalue weighted by molar-refractivity contribution is -0.123. The highest BCUT2D eigenvalue weighted by Crippen LogP contribution is 2.14. The van der Waals surface area contributed by atoms with Crippen molar-refractivity contribution >= 4 is 5.91 Å². The summed E-state index contributed by atoms with van der Waals surface area (Å²) in [7, 11) is 0. The van der Waals surface area contributed by atoms with Crippen molar-refractivity contribution in [2.24, 2.45) is 0 Å². The van der Waals surface area contributed by atoms with Crippen molar-refractivity contribution in [2.45, 2.75) is 206 Å². The molecule has 0 fully saturated rings. The van der Waals surface area contributed by atoms with E-state index in [4.69, 9.17) is 0 Å². The Labute approximate surface area is 274 Å². The van der Waals surface area contributed by atoms with Crippen LogP contribution in [0.2, 0.25) is 0 Å². The van der Waals surface area contributed by atoms with E-state index in [0.29, 0.717) is 6.42 Å². The van der Waals surface area contributed by atoms with E-state index in [1.807, 2.05) is 6.08 Å². The second-order valence-electron chi connectivity index (χ2n) is 13.0. The molecule has 0 aromatic rings. The maximum Gasteiger partial charge on any atom is 0.220 e. The Morgan fingerprint density at radius 3 is 1.36 bits per heavy atom. The smallest absolute Gasteiger partial charge is 0.220 e. The summed E-state index contributed by atoms with van der Waals surface area (Å²) >= 11 is 0. The molecular formula is C40H75NO3. The minimum absolute atomic E-state index is 0.0817. The molecule has 0 saturated carbocycles. The van der Waals surface area contributed by atoms with E-state index < -0.39 is 12.1 Å². The Morgan fingerprint density at radius 2 is 0.886 bits per heavy atom. The van der Waals surface area contributed by atoms with E-state index in [1.165, 1.54) is 141 Å². The lowest BCUT2D eigenvalue weighted by atomic mass is 10.0. The summed E-state index contributed by atoms with van der Waals surface area (Å²) in [5, 5.41) is 22.8. The highest BCUT2D eigenvalue weighted by atomic mass is 16.3. The van der Waals surface area contributed by atoms with E-state index in [-0.39, 0.29) is 12.5 Å². The predicted octanol–water partition coefficient (Wildman–Crippen LogP) is 11.5. The summed E-state index contributed by atoms with van der Waals surface area (Å²) in [5.74, 6) is -0.0817. The third-order valence-corrected chi connectivity index (χ3v) is 8.60. The number of aliphatic hydroxyl groups is 2. The topological polar surface area (TPSA) is 69.6 Å². The monoisotopic (exact) mass is 618 g/mol. The van der Waals surface area contributed by atoms with Gasteiger partial charge in [0.2, 0.25) is 5.91 Å². The van der Waals surface area contributed by atoms with E-state index in [9.17, 15) is 15.0 Å². The minimum atomic E-state index is -0.860. The zero-order chi connectivity index (χ0) is 32.2. The molecule has 2 unspecified atom stereocenters. The number of rotatable bonds is 34. The molecule has 0 spiro atoms. The fourth-order valence-electron chi connectivity index (χ4n) is 5.60. The van der Waals surface area contributed by atoms with E-state index in [1.54, 1.807) is 6.08 Å². The molecule has 2 atom stereocenters. The van der Waals surface area contributed by atoms with Crippen LogP contribution in [0.3, 0.4) is 0 Å². The molecule has 0 radical (unpaired) electrons. The van der Waals surface area contributed by atoms with Gasteiger partial charge in [0.05, 0.1) is 18.8 Å². The number of allylic oxidation sites excluding steroid dienone is 5. The molecular weight excluding hydrogens is 542 g/mol. The molecule has 4 nitrogen and oxygen atoms in total. The third kappa shape index (κ3) is 32.0. The molecule has 258 valence electrons. The Morgan fingerprint density at radius 1 is 0.523 bits per heavy atom. The van der Waals surface area contributed by atoms with Gasteiger partial charge in [0.1, 0.15) is 0 Å². The molecule has 44 heavy (non-hydrogen) atoms. The van der Waals surface area contributed by atoms with Crippen LogP contribution in [-0.4, -0.2) is 34.9 Å². The van der Waals surface area contributed by atoms with Gasteiger partial charge >= 0.3 is 0 Å². The maximum atomic E-state index is 12.3. The van der Waals surface area contributed by atoms with Gasteiger partial charge in [0.25, 0.3) is 0 Å². The number of carbonyl (C=O) groups excluding carboxylic acids is 1. The molecule has 0 aliphatic rings. The standard InChI is InChI=1S/C40H75NO3/c1-3-5-7-9-11-13-14-15-16-17-18-19-20-21-22-23-24-25-26-28-30-32-34-36-40(44)41-38(37-42)39(43)35-33-31-29-27-12-10-8-6-4-2/h12,21-22,27,33,35,38-39,42-43H,3-11,13-20,23-26,28-32,34,36-37H2,1-2H3,(H,41,44)/b22-21-,27-12+,35-33+. The molecule has 0 aliphatic heterocycles. The summed E-state index contributed by atoms with van der Waals surface area (Å²) in [5.41, 5.74) is 0. The summed E-state index contributed by atoms with van der Waals surface area (Å²) in [6.07, 6.45) is 46.8. The average molecular weight is 618 g/mol. The maximum absolute atomic E-state index is 12.3. The van der Waals surface area contributed by atoms with Crippen molar-refractivity contribution in [1.29, 1.82) is 0 Å². The molecule has 1 amide bonds. The van der Waals surface area contributed by atoms with Gasteiger partial charge in [-0.15, -0.1) is 0 Å². The van der Waals surface area contributed by atoms with Crippen molar-refractivity contribution in [3.63, 3.8) is 0 Å². The van der Waals surface area contributed by atoms with Gasteiger partial charge in [0.15, 0.2) is 0 Å². The van der Waals surface area contributed by atoms with Crippen LogP contribution >= 0.6 is 0 Å². The predicted molar refractivity (Wildman–Crippen MR) is 193 cm³/mol. The largest absolute Gasteiger partial charge is 0.394 e. The summed E-state index contributed by atoms with van der Waals surface area (Å²) in [6.45, 7) is 4.24. The fourth-order valence-corrected chi connectivity index (χ4v) is 5.60. The van der Waals surface area contributed by atoms with Crippen LogP contribution in [0.4, 0.5) is 0 Å². The second kappa shape index (κ2) is 36.1. The molecule has 0 bridgehead atoms. The molecule has 4 heteroatoms. The Hall–Kier alpha value is -1.39. The number of carbonyl (C=O) groups is 1. The lowest BCUT2D eigenvalue weighted by Crippen LogP contribution is -2.45. The number of hydrogen-bond donors (Lipinski definition) is 3.